The van der Waals surface area contributed by atoms with Gasteiger partial charge in [-0.15, -0.1) is 0 Å². The standard InChI is InChI=1S/C8H4ClF3O2/c9-5-1-3(7(11)12)4(8(13)14)2-6(5)10/h1-2,7H,(H,13,14). The molecule has 0 heterocycles. The summed E-state index contributed by atoms with van der Waals surface area (Å²) in [6.45, 7) is 0. The number of benzene rings is 1. The molecule has 0 saturated carbocycles. The lowest BCUT2D eigenvalue weighted by atomic mass is 10.1. The summed E-state index contributed by atoms with van der Waals surface area (Å²) in [6, 6.07) is 1.09. The van der Waals surface area contributed by atoms with Gasteiger partial charge in [0.05, 0.1) is 10.6 Å². The lowest BCUT2D eigenvalue weighted by molar-refractivity contribution is 0.0684. The Bertz CT molecular complexity index is 379. The zero-order valence-corrected chi connectivity index (χ0v) is 7.36. The Labute approximate surface area is 81.9 Å². The zero-order chi connectivity index (χ0) is 10.9. The normalized spacial score (nSPS) is 10.6. The Morgan fingerprint density at radius 1 is 1.43 bits per heavy atom. The third kappa shape index (κ3) is 1.98. The van der Waals surface area contributed by atoms with E-state index in [2.05, 4.69) is 0 Å². The number of hydrogen-bond donors (Lipinski definition) is 1. The summed E-state index contributed by atoms with van der Waals surface area (Å²) in [5.41, 5.74) is -1.56. The Morgan fingerprint density at radius 2 is 2.00 bits per heavy atom. The highest BCUT2D eigenvalue weighted by Crippen LogP contribution is 2.28. The summed E-state index contributed by atoms with van der Waals surface area (Å²) in [5, 5.41) is 7.96. The number of alkyl halides is 2. The van der Waals surface area contributed by atoms with E-state index in [1.165, 1.54) is 0 Å². The van der Waals surface area contributed by atoms with Gasteiger partial charge < -0.3 is 5.11 Å². The van der Waals surface area contributed by atoms with Crippen LogP contribution in [0.4, 0.5) is 13.2 Å². The van der Waals surface area contributed by atoms with Crippen LogP contribution in [-0.2, 0) is 0 Å². The molecular weight excluding hydrogens is 221 g/mol. The molecule has 0 amide bonds. The molecule has 1 aromatic rings. The molecule has 0 atom stereocenters. The van der Waals surface area contributed by atoms with Gasteiger partial charge in [-0.05, 0) is 12.1 Å². The first-order chi connectivity index (χ1) is 6.43. The number of aromatic carboxylic acids is 1. The SMILES string of the molecule is O=C(O)c1cc(F)c(Cl)cc1C(F)F. The van der Waals surface area contributed by atoms with E-state index in [0.717, 1.165) is 0 Å². The first-order valence-electron chi connectivity index (χ1n) is 3.44. The smallest absolute Gasteiger partial charge is 0.336 e. The quantitative estimate of drug-likeness (QED) is 0.838. The van der Waals surface area contributed by atoms with E-state index >= 15 is 0 Å². The van der Waals surface area contributed by atoms with Gasteiger partial charge in [-0.25, -0.2) is 18.0 Å². The van der Waals surface area contributed by atoms with Crippen LogP contribution in [0.3, 0.4) is 0 Å². The van der Waals surface area contributed by atoms with Crippen LogP contribution in [0, 0.1) is 5.82 Å². The Hall–Kier alpha value is -1.23. The second-order valence-electron chi connectivity index (χ2n) is 2.46. The molecule has 0 aromatic heterocycles. The van der Waals surface area contributed by atoms with Crippen molar-refractivity contribution < 1.29 is 23.1 Å². The molecule has 0 spiro atoms. The van der Waals surface area contributed by atoms with E-state index in [-0.39, 0.29) is 0 Å². The molecular formula is C8H4ClF3O2. The minimum absolute atomic E-state index is 0.478. The minimum Gasteiger partial charge on any atom is -0.478 e. The lowest BCUT2D eigenvalue weighted by Crippen LogP contribution is -2.04. The molecule has 0 aliphatic rings. The summed E-state index contributed by atoms with van der Waals surface area (Å²) in [7, 11) is 0. The highest BCUT2D eigenvalue weighted by Gasteiger charge is 2.20. The largest absolute Gasteiger partial charge is 0.478 e. The van der Waals surface area contributed by atoms with Gasteiger partial charge in [-0.2, -0.15) is 0 Å². The molecule has 2 nitrogen and oxygen atoms in total. The van der Waals surface area contributed by atoms with Crippen molar-refractivity contribution in [2.75, 3.05) is 0 Å². The van der Waals surface area contributed by atoms with E-state index in [9.17, 15) is 18.0 Å². The van der Waals surface area contributed by atoms with Crippen molar-refractivity contribution in [3.05, 3.63) is 34.1 Å². The van der Waals surface area contributed by atoms with Gasteiger partial charge in [0, 0.05) is 5.56 Å². The predicted molar refractivity (Wildman–Crippen MR) is 43.3 cm³/mol. The van der Waals surface area contributed by atoms with E-state index in [0.29, 0.717) is 12.1 Å². The van der Waals surface area contributed by atoms with Crippen LogP contribution >= 0.6 is 11.6 Å². The second kappa shape index (κ2) is 3.88. The Kier molecular flexibility index (Phi) is 3.00. The molecule has 0 radical (unpaired) electrons. The van der Waals surface area contributed by atoms with Crippen LogP contribution in [0.15, 0.2) is 12.1 Å². The number of carboxylic acids is 1. The molecule has 0 bridgehead atoms. The number of halogens is 4. The van der Waals surface area contributed by atoms with Gasteiger partial charge >= 0.3 is 5.97 Å². The lowest BCUT2D eigenvalue weighted by Gasteiger charge is -2.05. The van der Waals surface area contributed by atoms with E-state index < -0.39 is 34.4 Å². The molecule has 1 N–H and O–H groups in total. The van der Waals surface area contributed by atoms with Crippen molar-refractivity contribution in [1.29, 1.82) is 0 Å². The first kappa shape index (κ1) is 10.8. The molecule has 0 saturated heterocycles. The highest BCUT2D eigenvalue weighted by molar-refractivity contribution is 6.30. The number of rotatable bonds is 2. The van der Waals surface area contributed by atoms with Gasteiger partial charge in [0.25, 0.3) is 6.43 Å². The molecule has 14 heavy (non-hydrogen) atoms. The van der Waals surface area contributed by atoms with E-state index in [1.807, 2.05) is 0 Å². The molecule has 0 aliphatic heterocycles. The Balaban J connectivity index is 3.39. The van der Waals surface area contributed by atoms with Crippen LogP contribution < -0.4 is 0 Å². The summed E-state index contributed by atoms with van der Waals surface area (Å²) in [4.78, 5) is 10.4. The molecule has 0 fully saturated rings. The number of hydrogen-bond acceptors (Lipinski definition) is 1. The van der Waals surface area contributed by atoms with Crippen molar-refractivity contribution in [3.8, 4) is 0 Å². The van der Waals surface area contributed by atoms with E-state index in [4.69, 9.17) is 16.7 Å². The van der Waals surface area contributed by atoms with Crippen molar-refractivity contribution in [2.24, 2.45) is 0 Å². The van der Waals surface area contributed by atoms with Gasteiger partial charge in [0.15, 0.2) is 0 Å². The third-order valence-electron chi connectivity index (χ3n) is 1.56. The molecule has 0 aliphatic carbocycles. The summed E-state index contributed by atoms with van der Waals surface area (Å²) in [5.74, 6) is -2.65. The van der Waals surface area contributed by atoms with Gasteiger partial charge in [0.2, 0.25) is 0 Å². The average Bonchev–Trinajstić information content (AvgIpc) is 2.08. The van der Waals surface area contributed by atoms with Gasteiger partial charge in [-0.1, -0.05) is 11.6 Å². The van der Waals surface area contributed by atoms with Crippen molar-refractivity contribution in [3.63, 3.8) is 0 Å². The Morgan fingerprint density at radius 3 is 2.43 bits per heavy atom. The first-order valence-corrected chi connectivity index (χ1v) is 3.81. The maximum Gasteiger partial charge on any atom is 0.336 e. The molecule has 1 rings (SSSR count). The van der Waals surface area contributed by atoms with Crippen LogP contribution in [0.1, 0.15) is 22.3 Å². The fraction of sp³-hybridized carbons (Fsp3) is 0.125. The summed E-state index contributed by atoms with van der Waals surface area (Å²) >= 11 is 5.23. The molecule has 1 aromatic carbocycles. The minimum atomic E-state index is -3.00. The van der Waals surface area contributed by atoms with Crippen molar-refractivity contribution >= 4 is 17.6 Å². The summed E-state index contributed by atoms with van der Waals surface area (Å²) < 4.78 is 37.3. The fourth-order valence-electron chi connectivity index (χ4n) is 0.928. The monoisotopic (exact) mass is 224 g/mol. The second-order valence-corrected chi connectivity index (χ2v) is 2.87. The number of carboxylic acid groups (broad SMARTS) is 1. The summed E-state index contributed by atoms with van der Waals surface area (Å²) in [6.07, 6.45) is -3.00. The topological polar surface area (TPSA) is 37.3 Å². The predicted octanol–water partition coefficient (Wildman–Crippen LogP) is 3.11. The molecule has 76 valence electrons. The van der Waals surface area contributed by atoms with Crippen LogP contribution in [-0.4, -0.2) is 11.1 Å². The number of carbonyl (C=O) groups is 1. The maximum absolute atomic E-state index is 12.7. The van der Waals surface area contributed by atoms with Gasteiger partial charge in [0.1, 0.15) is 5.82 Å². The van der Waals surface area contributed by atoms with Gasteiger partial charge in [-0.3, -0.25) is 0 Å². The molecule has 0 unspecified atom stereocenters. The van der Waals surface area contributed by atoms with Crippen LogP contribution in [0.25, 0.3) is 0 Å². The highest BCUT2D eigenvalue weighted by atomic mass is 35.5. The van der Waals surface area contributed by atoms with Crippen LogP contribution in [0.5, 0.6) is 0 Å². The fourth-order valence-corrected chi connectivity index (χ4v) is 1.10. The third-order valence-corrected chi connectivity index (χ3v) is 1.85. The zero-order valence-electron chi connectivity index (χ0n) is 6.60. The maximum atomic E-state index is 12.7. The van der Waals surface area contributed by atoms with Crippen molar-refractivity contribution in [1.82, 2.24) is 0 Å². The molecule has 6 heteroatoms. The average molecular weight is 225 g/mol. The van der Waals surface area contributed by atoms with Crippen molar-refractivity contribution in [2.45, 2.75) is 6.43 Å². The van der Waals surface area contributed by atoms with Crippen LogP contribution in [0.2, 0.25) is 5.02 Å². The van der Waals surface area contributed by atoms with E-state index in [1.54, 1.807) is 0 Å².